The fourth-order valence-electron chi connectivity index (χ4n) is 2.57. The summed E-state index contributed by atoms with van der Waals surface area (Å²) < 4.78 is 4.74. The molecule has 0 spiro atoms. The molecule has 138 valence electrons. The Kier molecular flexibility index (Phi) is 5.52. The second-order valence-corrected chi connectivity index (χ2v) is 6.83. The Morgan fingerprint density at radius 3 is 2.59 bits per heavy atom. The number of hydrogen-bond donors (Lipinski definition) is 2. The maximum atomic E-state index is 12.5. The first kappa shape index (κ1) is 18.6. The van der Waals surface area contributed by atoms with Gasteiger partial charge in [0.25, 0.3) is 5.91 Å². The number of carbonyl (C=O) groups is 2. The lowest BCUT2D eigenvalue weighted by atomic mass is 10.1. The maximum Gasteiger partial charge on any atom is 0.339 e. The summed E-state index contributed by atoms with van der Waals surface area (Å²) in [5.74, 6) is -0.905. The van der Waals surface area contributed by atoms with Crippen molar-refractivity contribution in [2.45, 2.75) is 13.8 Å². The largest absolute Gasteiger partial charge is 0.465 e. The number of esters is 1. The number of methoxy groups -OCH3 is 1. The molecule has 7 heteroatoms. The Morgan fingerprint density at radius 2 is 1.85 bits per heavy atom. The highest BCUT2D eigenvalue weighted by atomic mass is 32.1. The number of benzene rings is 2. The number of hydrogen-bond acceptors (Lipinski definition) is 6. The minimum atomic E-state index is -0.513. The van der Waals surface area contributed by atoms with Gasteiger partial charge in [-0.2, -0.15) is 0 Å². The normalized spacial score (nSPS) is 10.3. The zero-order chi connectivity index (χ0) is 19.4. The van der Waals surface area contributed by atoms with E-state index < -0.39 is 11.9 Å². The van der Waals surface area contributed by atoms with Crippen molar-refractivity contribution in [3.8, 4) is 0 Å². The number of rotatable bonds is 5. The molecule has 0 unspecified atom stereocenters. The van der Waals surface area contributed by atoms with Gasteiger partial charge in [0.05, 0.1) is 18.4 Å². The third kappa shape index (κ3) is 4.32. The molecule has 0 atom stereocenters. The van der Waals surface area contributed by atoms with Gasteiger partial charge in [0.2, 0.25) is 0 Å². The minimum absolute atomic E-state index is 0.270. The predicted octanol–water partition coefficient (Wildman–Crippen LogP) is 4.54. The molecule has 27 heavy (non-hydrogen) atoms. The number of para-hydroxylation sites is 1. The van der Waals surface area contributed by atoms with Crippen LogP contribution in [0.2, 0.25) is 0 Å². The van der Waals surface area contributed by atoms with Gasteiger partial charge in [-0.25, -0.2) is 9.78 Å². The van der Waals surface area contributed by atoms with Crippen LogP contribution < -0.4 is 10.6 Å². The summed E-state index contributed by atoms with van der Waals surface area (Å²) in [7, 11) is 1.30. The van der Waals surface area contributed by atoms with E-state index in [0.29, 0.717) is 10.8 Å². The summed E-state index contributed by atoms with van der Waals surface area (Å²) in [6.45, 7) is 4.05. The van der Waals surface area contributed by atoms with Gasteiger partial charge in [0, 0.05) is 11.1 Å². The van der Waals surface area contributed by atoms with Crippen LogP contribution in [-0.4, -0.2) is 24.0 Å². The molecule has 1 heterocycles. The fourth-order valence-corrected chi connectivity index (χ4v) is 3.27. The Balaban J connectivity index is 1.75. The minimum Gasteiger partial charge on any atom is -0.465 e. The second kappa shape index (κ2) is 8.01. The molecule has 0 fully saturated rings. The van der Waals surface area contributed by atoms with Gasteiger partial charge in [-0.3, -0.25) is 4.79 Å². The van der Waals surface area contributed by atoms with Crippen LogP contribution in [0.1, 0.15) is 32.0 Å². The summed E-state index contributed by atoms with van der Waals surface area (Å²) in [5, 5.41) is 8.23. The first-order valence-electron chi connectivity index (χ1n) is 8.26. The van der Waals surface area contributed by atoms with Crippen molar-refractivity contribution in [2.75, 3.05) is 17.7 Å². The van der Waals surface area contributed by atoms with Gasteiger partial charge < -0.3 is 15.4 Å². The van der Waals surface area contributed by atoms with Crippen molar-refractivity contribution in [2.24, 2.45) is 0 Å². The number of anilines is 3. The molecule has 1 aromatic heterocycles. The Morgan fingerprint density at radius 1 is 1.07 bits per heavy atom. The predicted molar refractivity (Wildman–Crippen MR) is 107 cm³/mol. The molecule has 6 nitrogen and oxygen atoms in total. The van der Waals surface area contributed by atoms with E-state index in [4.69, 9.17) is 4.74 Å². The maximum absolute atomic E-state index is 12.5. The molecular weight excluding hydrogens is 362 g/mol. The third-order valence-electron chi connectivity index (χ3n) is 3.94. The van der Waals surface area contributed by atoms with Gasteiger partial charge in [0.15, 0.2) is 5.13 Å². The van der Waals surface area contributed by atoms with E-state index in [1.165, 1.54) is 24.0 Å². The van der Waals surface area contributed by atoms with Crippen LogP contribution in [0.5, 0.6) is 0 Å². The molecule has 2 aromatic carbocycles. The number of carbonyl (C=O) groups excluding carboxylic acids is 2. The van der Waals surface area contributed by atoms with Gasteiger partial charge in [-0.1, -0.05) is 29.8 Å². The molecule has 0 bridgehead atoms. The molecule has 0 aliphatic rings. The van der Waals surface area contributed by atoms with E-state index in [1.807, 2.05) is 26.0 Å². The lowest BCUT2D eigenvalue weighted by Gasteiger charge is -2.08. The lowest BCUT2D eigenvalue weighted by molar-refractivity contribution is 0.0602. The van der Waals surface area contributed by atoms with Crippen molar-refractivity contribution in [3.05, 3.63) is 70.2 Å². The SMILES string of the molecule is COC(=O)c1ccccc1NC(=O)c1csc(Nc2ccc(C)cc2C)n1. The standard InChI is InChI=1S/C20H19N3O3S/c1-12-8-9-15(13(2)10-12)22-20-23-17(11-27-20)18(24)21-16-7-5-4-6-14(16)19(25)26-3/h4-11H,1-3H3,(H,21,24)(H,22,23). The van der Waals surface area contributed by atoms with E-state index in [-0.39, 0.29) is 11.3 Å². The topological polar surface area (TPSA) is 80.3 Å². The number of aromatic nitrogens is 1. The van der Waals surface area contributed by atoms with Crippen LogP contribution in [0.15, 0.2) is 47.8 Å². The zero-order valence-electron chi connectivity index (χ0n) is 15.2. The van der Waals surface area contributed by atoms with Crippen molar-refractivity contribution >= 4 is 39.7 Å². The molecule has 0 radical (unpaired) electrons. The summed E-state index contributed by atoms with van der Waals surface area (Å²) in [4.78, 5) is 28.7. The Labute approximate surface area is 161 Å². The van der Waals surface area contributed by atoms with Crippen molar-refractivity contribution < 1.29 is 14.3 Å². The summed E-state index contributed by atoms with van der Waals surface area (Å²) in [5.41, 5.74) is 4.16. The van der Waals surface area contributed by atoms with Crippen LogP contribution >= 0.6 is 11.3 Å². The molecule has 0 aliphatic heterocycles. The van der Waals surface area contributed by atoms with Crippen LogP contribution in [0.4, 0.5) is 16.5 Å². The average Bonchev–Trinajstić information content (AvgIpc) is 3.12. The quantitative estimate of drug-likeness (QED) is 0.634. The highest BCUT2D eigenvalue weighted by molar-refractivity contribution is 7.14. The Hall–Kier alpha value is -3.19. The highest BCUT2D eigenvalue weighted by Crippen LogP contribution is 2.25. The van der Waals surface area contributed by atoms with Gasteiger partial charge >= 0.3 is 5.97 Å². The number of amides is 1. The molecule has 0 saturated carbocycles. The molecule has 3 aromatic rings. The van der Waals surface area contributed by atoms with Crippen molar-refractivity contribution in [1.29, 1.82) is 0 Å². The van der Waals surface area contributed by atoms with Gasteiger partial charge in [-0.15, -0.1) is 11.3 Å². The van der Waals surface area contributed by atoms with Crippen molar-refractivity contribution in [1.82, 2.24) is 4.98 Å². The molecule has 2 N–H and O–H groups in total. The summed E-state index contributed by atoms with van der Waals surface area (Å²) in [6.07, 6.45) is 0. The second-order valence-electron chi connectivity index (χ2n) is 5.97. The highest BCUT2D eigenvalue weighted by Gasteiger charge is 2.16. The first-order chi connectivity index (χ1) is 13.0. The Bertz CT molecular complexity index is 998. The van der Waals surface area contributed by atoms with E-state index in [2.05, 4.69) is 21.7 Å². The summed E-state index contributed by atoms with van der Waals surface area (Å²) in [6, 6.07) is 12.7. The monoisotopic (exact) mass is 381 g/mol. The van der Waals surface area contributed by atoms with E-state index in [1.54, 1.807) is 29.6 Å². The van der Waals surface area contributed by atoms with Gasteiger partial charge in [-0.05, 0) is 37.6 Å². The lowest BCUT2D eigenvalue weighted by Crippen LogP contribution is -2.15. The van der Waals surface area contributed by atoms with E-state index >= 15 is 0 Å². The van der Waals surface area contributed by atoms with E-state index in [0.717, 1.165) is 11.3 Å². The molecule has 1 amide bonds. The van der Waals surface area contributed by atoms with Crippen LogP contribution in [0, 0.1) is 13.8 Å². The van der Waals surface area contributed by atoms with Crippen LogP contribution in [0.25, 0.3) is 0 Å². The van der Waals surface area contributed by atoms with Crippen LogP contribution in [-0.2, 0) is 4.74 Å². The number of thiazole rings is 1. The van der Waals surface area contributed by atoms with E-state index in [9.17, 15) is 9.59 Å². The zero-order valence-corrected chi connectivity index (χ0v) is 16.0. The number of nitrogens with one attached hydrogen (secondary N) is 2. The smallest absolute Gasteiger partial charge is 0.339 e. The number of aryl methyl sites for hydroxylation is 2. The third-order valence-corrected chi connectivity index (χ3v) is 4.70. The van der Waals surface area contributed by atoms with Crippen molar-refractivity contribution in [3.63, 3.8) is 0 Å². The molecular formula is C20H19N3O3S. The fraction of sp³-hybridized carbons (Fsp3) is 0.150. The van der Waals surface area contributed by atoms with Crippen LogP contribution in [0.3, 0.4) is 0 Å². The molecule has 0 aliphatic carbocycles. The number of nitrogens with zero attached hydrogens (tertiary/aromatic N) is 1. The number of ether oxygens (including phenoxy) is 1. The molecule has 3 rings (SSSR count). The molecule has 0 saturated heterocycles. The average molecular weight is 381 g/mol. The summed E-state index contributed by atoms with van der Waals surface area (Å²) >= 11 is 1.34. The first-order valence-corrected chi connectivity index (χ1v) is 9.14. The van der Waals surface area contributed by atoms with Gasteiger partial charge in [0.1, 0.15) is 5.69 Å².